The van der Waals surface area contributed by atoms with Crippen LogP contribution in [0.25, 0.3) is 0 Å². The SMILES string of the molecule is CN(C)C(=O)CC1CCNCCN1. The first-order chi connectivity index (χ1) is 6.20. The van der Waals surface area contributed by atoms with Crippen LogP contribution in [-0.2, 0) is 4.79 Å². The highest BCUT2D eigenvalue weighted by Crippen LogP contribution is 2.01. The summed E-state index contributed by atoms with van der Waals surface area (Å²) in [7, 11) is 3.61. The molecule has 2 N–H and O–H groups in total. The monoisotopic (exact) mass is 185 g/mol. The molecule has 0 aromatic carbocycles. The van der Waals surface area contributed by atoms with Gasteiger partial charge in [-0.1, -0.05) is 0 Å². The largest absolute Gasteiger partial charge is 0.349 e. The Morgan fingerprint density at radius 3 is 2.85 bits per heavy atom. The van der Waals surface area contributed by atoms with Crippen LogP contribution in [0.4, 0.5) is 0 Å². The Hall–Kier alpha value is -0.610. The van der Waals surface area contributed by atoms with Gasteiger partial charge in [-0.15, -0.1) is 0 Å². The maximum Gasteiger partial charge on any atom is 0.223 e. The fraction of sp³-hybridized carbons (Fsp3) is 0.889. The van der Waals surface area contributed by atoms with Gasteiger partial charge >= 0.3 is 0 Å². The zero-order valence-corrected chi connectivity index (χ0v) is 8.47. The van der Waals surface area contributed by atoms with Crippen molar-refractivity contribution in [3.63, 3.8) is 0 Å². The molecule has 4 nitrogen and oxygen atoms in total. The third-order valence-electron chi connectivity index (χ3n) is 2.32. The first-order valence-electron chi connectivity index (χ1n) is 4.84. The number of carbonyl (C=O) groups is 1. The van der Waals surface area contributed by atoms with E-state index in [0.29, 0.717) is 12.5 Å². The lowest BCUT2D eigenvalue weighted by Crippen LogP contribution is -2.35. The van der Waals surface area contributed by atoms with Crippen LogP contribution < -0.4 is 10.6 Å². The van der Waals surface area contributed by atoms with Crippen molar-refractivity contribution >= 4 is 5.91 Å². The highest BCUT2D eigenvalue weighted by molar-refractivity contribution is 5.76. The molecule has 0 saturated carbocycles. The predicted molar refractivity (Wildman–Crippen MR) is 52.6 cm³/mol. The van der Waals surface area contributed by atoms with Crippen LogP contribution in [0.3, 0.4) is 0 Å². The molecular formula is C9H19N3O. The zero-order chi connectivity index (χ0) is 9.68. The molecular weight excluding hydrogens is 166 g/mol. The summed E-state index contributed by atoms with van der Waals surface area (Å²) in [6, 6.07) is 0.352. The molecule has 76 valence electrons. The Morgan fingerprint density at radius 2 is 2.15 bits per heavy atom. The predicted octanol–water partition coefficient (Wildman–Crippen LogP) is -0.584. The van der Waals surface area contributed by atoms with Gasteiger partial charge < -0.3 is 15.5 Å². The standard InChI is InChI=1S/C9H19N3O/c1-12(2)9(13)7-8-3-4-10-5-6-11-8/h8,10-11H,3-7H2,1-2H3. The van der Waals surface area contributed by atoms with Gasteiger partial charge in [0.25, 0.3) is 0 Å². The molecule has 0 bridgehead atoms. The molecule has 4 heteroatoms. The number of amides is 1. The quantitative estimate of drug-likeness (QED) is 0.605. The molecule has 1 amide bonds. The van der Waals surface area contributed by atoms with Crippen LogP contribution in [0, 0.1) is 0 Å². The van der Waals surface area contributed by atoms with E-state index in [1.807, 2.05) is 0 Å². The van der Waals surface area contributed by atoms with E-state index in [4.69, 9.17) is 0 Å². The van der Waals surface area contributed by atoms with Gasteiger partial charge in [0.1, 0.15) is 0 Å². The summed E-state index contributed by atoms with van der Waals surface area (Å²) in [5.74, 6) is 0.208. The van der Waals surface area contributed by atoms with Crippen LogP contribution in [0.1, 0.15) is 12.8 Å². The Kier molecular flexibility index (Phi) is 4.18. The van der Waals surface area contributed by atoms with Crippen molar-refractivity contribution in [3.8, 4) is 0 Å². The summed E-state index contributed by atoms with van der Waals surface area (Å²) in [6.07, 6.45) is 1.66. The lowest BCUT2D eigenvalue weighted by molar-refractivity contribution is -0.129. The second-order valence-corrected chi connectivity index (χ2v) is 3.68. The maximum absolute atomic E-state index is 11.4. The Morgan fingerprint density at radius 1 is 1.38 bits per heavy atom. The summed E-state index contributed by atoms with van der Waals surface area (Å²) in [5.41, 5.74) is 0. The van der Waals surface area contributed by atoms with Gasteiger partial charge in [0.05, 0.1) is 0 Å². The smallest absolute Gasteiger partial charge is 0.223 e. The fourth-order valence-corrected chi connectivity index (χ4v) is 1.44. The summed E-state index contributed by atoms with van der Waals surface area (Å²) in [4.78, 5) is 13.0. The second-order valence-electron chi connectivity index (χ2n) is 3.68. The highest BCUT2D eigenvalue weighted by Gasteiger charge is 2.15. The first kappa shape index (κ1) is 10.5. The summed E-state index contributed by atoms with van der Waals surface area (Å²) < 4.78 is 0. The summed E-state index contributed by atoms with van der Waals surface area (Å²) in [6.45, 7) is 2.98. The molecule has 1 aliphatic heterocycles. The van der Waals surface area contributed by atoms with Crippen molar-refractivity contribution < 1.29 is 4.79 Å². The van der Waals surface area contributed by atoms with E-state index in [-0.39, 0.29) is 5.91 Å². The Bertz CT molecular complexity index is 162. The van der Waals surface area contributed by atoms with E-state index in [1.54, 1.807) is 19.0 Å². The molecule has 1 atom stereocenters. The van der Waals surface area contributed by atoms with Gasteiger partial charge in [-0.05, 0) is 13.0 Å². The number of nitrogens with zero attached hydrogens (tertiary/aromatic N) is 1. The number of rotatable bonds is 2. The van der Waals surface area contributed by atoms with E-state index >= 15 is 0 Å². The van der Waals surface area contributed by atoms with Crippen LogP contribution in [0.15, 0.2) is 0 Å². The van der Waals surface area contributed by atoms with Crippen LogP contribution in [0.5, 0.6) is 0 Å². The normalized spacial score (nSPS) is 23.7. The average Bonchev–Trinajstić information content (AvgIpc) is 2.32. The first-order valence-corrected chi connectivity index (χ1v) is 4.84. The number of nitrogens with one attached hydrogen (secondary N) is 2. The van der Waals surface area contributed by atoms with Crippen molar-refractivity contribution in [2.24, 2.45) is 0 Å². The molecule has 0 aromatic heterocycles. The van der Waals surface area contributed by atoms with E-state index < -0.39 is 0 Å². The average molecular weight is 185 g/mol. The van der Waals surface area contributed by atoms with Gasteiger partial charge in [-0.25, -0.2) is 0 Å². The van der Waals surface area contributed by atoms with Gasteiger partial charge in [0, 0.05) is 39.6 Å². The molecule has 0 aliphatic carbocycles. The van der Waals surface area contributed by atoms with Gasteiger partial charge in [0.15, 0.2) is 0 Å². The highest BCUT2D eigenvalue weighted by atomic mass is 16.2. The topological polar surface area (TPSA) is 44.4 Å². The molecule has 1 saturated heterocycles. The molecule has 1 heterocycles. The molecule has 0 aromatic rings. The van der Waals surface area contributed by atoms with E-state index in [2.05, 4.69) is 10.6 Å². The minimum absolute atomic E-state index is 0.208. The lowest BCUT2D eigenvalue weighted by Gasteiger charge is -2.17. The third-order valence-corrected chi connectivity index (χ3v) is 2.32. The van der Waals surface area contributed by atoms with Gasteiger partial charge in [0.2, 0.25) is 5.91 Å². The number of hydrogen-bond acceptors (Lipinski definition) is 3. The molecule has 0 radical (unpaired) electrons. The molecule has 1 rings (SSSR count). The van der Waals surface area contributed by atoms with Crippen molar-refractivity contribution in [1.29, 1.82) is 0 Å². The van der Waals surface area contributed by atoms with Crippen molar-refractivity contribution in [2.45, 2.75) is 18.9 Å². The lowest BCUT2D eigenvalue weighted by atomic mass is 10.1. The minimum Gasteiger partial charge on any atom is -0.349 e. The molecule has 1 aliphatic rings. The zero-order valence-electron chi connectivity index (χ0n) is 8.47. The molecule has 1 fully saturated rings. The molecule has 13 heavy (non-hydrogen) atoms. The van der Waals surface area contributed by atoms with Crippen LogP contribution >= 0.6 is 0 Å². The fourth-order valence-electron chi connectivity index (χ4n) is 1.44. The maximum atomic E-state index is 11.4. The van der Waals surface area contributed by atoms with Gasteiger partial charge in [-0.2, -0.15) is 0 Å². The van der Waals surface area contributed by atoms with E-state index in [1.165, 1.54) is 0 Å². The van der Waals surface area contributed by atoms with Crippen molar-refractivity contribution in [1.82, 2.24) is 15.5 Å². The molecule has 1 unspecified atom stereocenters. The Labute approximate surface area is 79.7 Å². The van der Waals surface area contributed by atoms with Crippen LogP contribution in [0.2, 0.25) is 0 Å². The van der Waals surface area contributed by atoms with Crippen molar-refractivity contribution in [2.75, 3.05) is 33.7 Å². The number of carbonyl (C=O) groups excluding carboxylic acids is 1. The summed E-state index contributed by atoms with van der Waals surface area (Å²) in [5, 5.41) is 6.65. The second kappa shape index (κ2) is 5.19. The van der Waals surface area contributed by atoms with E-state index in [9.17, 15) is 4.79 Å². The third kappa shape index (κ3) is 3.74. The number of hydrogen-bond donors (Lipinski definition) is 2. The minimum atomic E-state index is 0.208. The van der Waals surface area contributed by atoms with Gasteiger partial charge in [-0.3, -0.25) is 4.79 Å². The van der Waals surface area contributed by atoms with Crippen molar-refractivity contribution in [3.05, 3.63) is 0 Å². The summed E-state index contributed by atoms with van der Waals surface area (Å²) >= 11 is 0. The van der Waals surface area contributed by atoms with E-state index in [0.717, 1.165) is 26.1 Å². The molecule has 0 spiro atoms. The Balaban J connectivity index is 2.29. The van der Waals surface area contributed by atoms with Crippen LogP contribution in [-0.4, -0.2) is 50.6 Å².